The Morgan fingerprint density at radius 1 is 1.10 bits per heavy atom. The first-order chi connectivity index (χ1) is 14.9. The first-order valence-electron chi connectivity index (χ1n) is 9.97. The van der Waals surface area contributed by atoms with Crippen molar-refractivity contribution < 1.29 is 14.3 Å². The maximum absolute atomic E-state index is 12.9. The van der Waals surface area contributed by atoms with Crippen LogP contribution in [0.25, 0.3) is 11.4 Å². The van der Waals surface area contributed by atoms with E-state index in [0.717, 1.165) is 29.1 Å². The van der Waals surface area contributed by atoms with Crippen LogP contribution in [0.1, 0.15) is 29.8 Å². The summed E-state index contributed by atoms with van der Waals surface area (Å²) in [6, 6.07) is 15.1. The van der Waals surface area contributed by atoms with Gasteiger partial charge in [-0.05, 0) is 43.2 Å². The molecule has 0 saturated heterocycles. The van der Waals surface area contributed by atoms with Crippen molar-refractivity contribution in [2.24, 2.45) is 7.05 Å². The van der Waals surface area contributed by atoms with E-state index in [9.17, 15) is 9.59 Å². The second kappa shape index (κ2) is 10.3. The molecule has 0 bridgehead atoms. The molecule has 0 spiro atoms. The first kappa shape index (κ1) is 22.6. The number of methoxy groups -OCH3 is 1. The molecular formula is C23H26N4O3S. The molecule has 7 nitrogen and oxygen atoms in total. The summed E-state index contributed by atoms with van der Waals surface area (Å²) in [6.07, 6.45) is 0.728. The van der Waals surface area contributed by atoms with E-state index in [2.05, 4.69) is 15.5 Å². The number of nitrogens with one attached hydrogen (secondary N) is 1. The van der Waals surface area contributed by atoms with E-state index in [1.165, 1.54) is 18.7 Å². The van der Waals surface area contributed by atoms with Gasteiger partial charge in [-0.1, -0.05) is 36.0 Å². The Morgan fingerprint density at radius 2 is 1.77 bits per heavy atom. The molecule has 0 aliphatic rings. The number of amides is 1. The van der Waals surface area contributed by atoms with Crippen molar-refractivity contribution in [3.8, 4) is 17.1 Å². The van der Waals surface area contributed by atoms with Crippen molar-refractivity contribution in [2.45, 2.75) is 30.7 Å². The fourth-order valence-corrected chi connectivity index (χ4v) is 3.97. The number of aromatic nitrogens is 3. The summed E-state index contributed by atoms with van der Waals surface area (Å²) >= 11 is 1.39. The van der Waals surface area contributed by atoms with Gasteiger partial charge in [-0.2, -0.15) is 0 Å². The third-order valence-corrected chi connectivity index (χ3v) is 5.99. The molecule has 3 aromatic rings. The van der Waals surface area contributed by atoms with Crippen molar-refractivity contribution >= 4 is 23.5 Å². The Bertz CT molecular complexity index is 1050. The number of Topliss-reactive ketones (excluding diaryl/α,β-unsaturated/α-hetero) is 1. The SMILES string of the molecule is COc1ccc(-c2nnc(SC(C)C(=O)c3ccc(CCNC(C)=O)cc3)n2C)cc1. The largest absolute Gasteiger partial charge is 0.497 e. The summed E-state index contributed by atoms with van der Waals surface area (Å²) in [5, 5.41) is 11.7. The maximum atomic E-state index is 12.9. The molecular weight excluding hydrogens is 412 g/mol. The number of ether oxygens (including phenoxy) is 1. The van der Waals surface area contributed by atoms with Gasteiger partial charge in [0, 0.05) is 31.6 Å². The van der Waals surface area contributed by atoms with E-state index in [1.54, 1.807) is 7.11 Å². The van der Waals surface area contributed by atoms with Crippen LogP contribution in [0.15, 0.2) is 53.7 Å². The van der Waals surface area contributed by atoms with E-state index in [0.29, 0.717) is 17.3 Å². The predicted octanol–water partition coefficient (Wildman–Crippen LogP) is 3.53. The highest BCUT2D eigenvalue weighted by atomic mass is 32.2. The average Bonchev–Trinajstić information content (AvgIpc) is 3.13. The van der Waals surface area contributed by atoms with E-state index in [-0.39, 0.29) is 16.9 Å². The molecule has 31 heavy (non-hydrogen) atoms. The van der Waals surface area contributed by atoms with Gasteiger partial charge in [0.25, 0.3) is 0 Å². The highest BCUT2D eigenvalue weighted by Crippen LogP contribution is 2.28. The minimum atomic E-state index is -0.308. The molecule has 3 rings (SSSR count). The molecule has 8 heteroatoms. The van der Waals surface area contributed by atoms with Crippen molar-refractivity contribution in [1.82, 2.24) is 20.1 Å². The highest BCUT2D eigenvalue weighted by Gasteiger charge is 2.20. The topological polar surface area (TPSA) is 86.1 Å². The zero-order valence-corrected chi connectivity index (χ0v) is 18.9. The van der Waals surface area contributed by atoms with E-state index < -0.39 is 0 Å². The van der Waals surface area contributed by atoms with Crippen LogP contribution in [0, 0.1) is 0 Å². The number of carbonyl (C=O) groups is 2. The predicted molar refractivity (Wildman–Crippen MR) is 121 cm³/mol. The molecule has 0 fully saturated rings. The van der Waals surface area contributed by atoms with Gasteiger partial charge in [0.05, 0.1) is 12.4 Å². The van der Waals surface area contributed by atoms with Crippen LogP contribution < -0.4 is 10.1 Å². The fourth-order valence-electron chi connectivity index (χ4n) is 3.07. The van der Waals surface area contributed by atoms with Gasteiger partial charge in [0.2, 0.25) is 5.91 Å². The highest BCUT2D eigenvalue weighted by molar-refractivity contribution is 8.00. The third-order valence-electron chi connectivity index (χ3n) is 4.86. The summed E-state index contributed by atoms with van der Waals surface area (Å²) in [6.45, 7) is 3.95. The minimum Gasteiger partial charge on any atom is -0.497 e. The van der Waals surface area contributed by atoms with E-state index in [4.69, 9.17) is 4.74 Å². The number of ketones is 1. The van der Waals surface area contributed by atoms with Gasteiger partial charge in [0.1, 0.15) is 5.75 Å². The van der Waals surface area contributed by atoms with Crippen LogP contribution in [0.4, 0.5) is 0 Å². The first-order valence-corrected chi connectivity index (χ1v) is 10.8. The second-order valence-electron chi connectivity index (χ2n) is 7.15. The Morgan fingerprint density at radius 3 is 2.39 bits per heavy atom. The van der Waals surface area contributed by atoms with Gasteiger partial charge in [-0.15, -0.1) is 10.2 Å². The van der Waals surface area contributed by atoms with Crippen LogP contribution >= 0.6 is 11.8 Å². The van der Waals surface area contributed by atoms with Crippen molar-refractivity contribution in [3.63, 3.8) is 0 Å². The van der Waals surface area contributed by atoms with Crippen LogP contribution in [0.5, 0.6) is 5.75 Å². The van der Waals surface area contributed by atoms with Crippen molar-refractivity contribution in [2.75, 3.05) is 13.7 Å². The fraction of sp³-hybridized carbons (Fsp3) is 0.304. The third kappa shape index (κ3) is 5.73. The van der Waals surface area contributed by atoms with Gasteiger partial charge >= 0.3 is 0 Å². The van der Waals surface area contributed by atoms with Crippen molar-refractivity contribution in [1.29, 1.82) is 0 Å². The molecule has 1 atom stereocenters. The zero-order chi connectivity index (χ0) is 22.4. The molecule has 0 aliphatic carbocycles. The zero-order valence-electron chi connectivity index (χ0n) is 18.1. The quantitative estimate of drug-likeness (QED) is 0.406. The maximum Gasteiger partial charge on any atom is 0.216 e. The number of thioether (sulfide) groups is 1. The lowest BCUT2D eigenvalue weighted by atomic mass is 10.0. The number of carbonyl (C=O) groups excluding carboxylic acids is 2. The smallest absolute Gasteiger partial charge is 0.216 e. The van der Waals surface area contributed by atoms with Gasteiger partial charge < -0.3 is 14.6 Å². The Kier molecular flexibility index (Phi) is 7.46. The summed E-state index contributed by atoms with van der Waals surface area (Å²) in [7, 11) is 3.52. The van der Waals surface area contributed by atoms with Crippen molar-refractivity contribution in [3.05, 3.63) is 59.7 Å². The van der Waals surface area contributed by atoms with Crippen LogP contribution in [-0.4, -0.2) is 45.4 Å². The number of hydrogen-bond donors (Lipinski definition) is 1. The lowest BCUT2D eigenvalue weighted by molar-refractivity contribution is -0.118. The molecule has 0 saturated carbocycles. The second-order valence-corrected chi connectivity index (χ2v) is 8.46. The summed E-state index contributed by atoms with van der Waals surface area (Å²) in [4.78, 5) is 23.8. The Balaban J connectivity index is 1.64. The van der Waals surface area contributed by atoms with Gasteiger partial charge in [-0.3, -0.25) is 9.59 Å². The Hall–Kier alpha value is -3.13. The summed E-state index contributed by atoms with van der Waals surface area (Å²) in [5.41, 5.74) is 2.65. The standard InChI is InChI=1S/C23H26N4O3S/c1-15(21(29)18-7-5-17(6-8-18)13-14-24-16(2)28)31-23-26-25-22(27(23)3)19-9-11-20(30-4)12-10-19/h5-12,15H,13-14H2,1-4H3,(H,24,28). The van der Waals surface area contributed by atoms with Crippen LogP contribution in [-0.2, 0) is 18.3 Å². The molecule has 1 amide bonds. The number of benzene rings is 2. The van der Waals surface area contributed by atoms with Gasteiger partial charge in [-0.25, -0.2) is 0 Å². The average molecular weight is 439 g/mol. The van der Waals surface area contributed by atoms with E-state index >= 15 is 0 Å². The minimum absolute atomic E-state index is 0.0346. The summed E-state index contributed by atoms with van der Waals surface area (Å²) in [5.74, 6) is 1.50. The number of rotatable bonds is 9. The lowest BCUT2D eigenvalue weighted by Crippen LogP contribution is -2.22. The monoisotopic (exact) mass is 438 g/mol. The number of nitrogens with zero attached hydrogens (tertiary/aromatic N) is 3. The molecule has 1 heterocycles. The molecule has 2 aromatic carbocycles. The molecule has 1 aromatic heterocycles. The van der Waals surface area contributed by atoms with Gasteiger partial charge in [0.15, 0.2) is 16.8 Å². The normalized spacial score (nSPS) is 11.7. The van der Waals surface area contributed by atoms with Crippen LogP contribution in [0.2, 0.25) is 0 Å². The molecule has 162 valence electrons. The van der Waals surface area contributed by atoms with Crippen LogP contribution in [0.3, 0.4) is 0 Å². The Labute approximate surface area is 186 Å². The summed E-state index contributed by atoms with van der Waals surface area (Å²) < 4.78 is 7.09. The molecule has 0 aliphatic heterocycles. The molecule has 0 radical (unpaired) electrons. The lowest BCUT2D eigenvalue weighted by Gasteiger charge is -2.11. The number of hydrogen-bond acceptors (Lipinski definition) is 6. The van der Waals surface area contributed by atoms with E-state index in [1.807, 2.05) is 67.1 Å². The molecule has 1 N–H and O–H groups in total. The molecule has 1 unspecified atom stereocenters.